The van der Waals surface area contributed by atoms with E-state index in [9.17, 15) is 4.39 Å². The summed E-state index contributed by atoms with van der Waals surface area (Å²) in [7, 11) is 0. The number of H-pyrrole nitrogens is 1. The molecular formula is C23H19FN6. The molecule has 0 bridgehead atoms. The van der Waals surface area contributed by atoms with Crippen LogP contribution in [0.4, 0.5) is 4.39 Å². The van der Waals surface area contributed by atoms with E-state index in [1.807, 2.05) is 30.7 Å². The third-order valence-electron chi connectivity index (χ3n) is 5.09. The first-order valence-corrected chi connectivity index (χ1v) is 9.75. The number of halogens is 1. The molecule has 148 valence electrons. The van der Waals surface area contributed by atoms with E-state index < -0.39 is 0 Å². The molecule has 0 aliphatic carbocycles. The quantitative estimate of drug-likeness (QED) is 0.468. The van der Waals surface area contributed by atoms with Crippen molar-refractivity contribution in [2.24, 2.45) is 0 Å². The fourth-order valence-corrected chi connectivity index (χ4v) is 3.53. The van der Waals surface area contributed by atoms with Gasteiger partial charge in [-0.3, -0.25) is 4.68 Å². The maximum atomic E-state index is 13.4. The Kier molecular flexibility index (Phi) is 4.55. The number of hydrogen-bond acceptors (Lipinski definition) is 4. The zero-order chi connectivity index (χ0) is 20.5. The lowest BCUT2D eigenvalue weighted by molar-refractivity contribution is 0.619. The van der Waals surface area contributed by atoms with Crippen molar-refractivity contribution >= 4 is 11.0 Å². The van der Waals surface area contributed by atoms with Crippen LogP contribution in [0.15, 0.2) is 67.5 Å². The number of aromatic nitrogens is 6. The van der Waals surface area contributed by atoms with Crippen LogP contribution >= 0.6 is 0 Å². The first kappa shape index (κ1) is 18.2. The summed E-state index contributed by atoms with van der Waals surface area (Å²) in [5.74, 6) is -0.245. The molecule has 5 rings (SSSR count). The number of aromatic amines is 1. The highest BCUT2D eigenvalue weighted by Crippen LogP contribution is 2.30. The van der Waals surface area contributed by atoms with Gasteiger partial charge < -0.3 is 4.98 Å². The van der Waals surface area contributed by atoms with Crippen molar-refractivity contribution in [3.05, 3.63) is 84.6 Å². The number of fused-ring (bicyclic) bond motifs is 1. The van der Waals surface area contributed by atoms with Crippen molar-refractivity contribution in [1.29, 1.82) is 0 Å². The zero-order valence-corrected chi connectivity index (χ0v) is 16.4. The van der Waals surface area contributed by atoms with Crippen LogP contribution in [0.5, 0.6) is 0 Å². The summed E-state index contributed by atoms with van der Waals surface area (Å²) in [6, 6.07) is 10.6. The monoisotopic (exact) mass is 398 g/mol. The van der Waals surface area contributed by atoms with Gasteiger partial charge in [0.25, 0.3) is 0 Å². The molecule has 1 aromatic carbocycles. The molecule has 6 nitrogen and oxygen atoms in total. The highest BCUT2D eigenvalue weighted by Gasteiger charge is 2.12. The molecule has 0 amide bonds. The second-order valence-corrected chi connectivity index (χ2v) is 7.13. The highest BCUT2D eigenvalue weighted by molar-refractivity contribution is 5.94. The molecule has 0 aliphatic heterocycles. The zero-order valence-electron chi connectivity index (χ0n) is 16.4. The molecular weight excluding hydrogens is 379 g/mol. The molecule has 4 aromatic heterocycles. The van der Waals surface area contributed by atoms with Crippen LogP contribution in [0.2, 0.25) is 0 Å². The van der Waals surface area contributed by atoms with E-state index >= 15 is 0 Å². The van der Waals surface area contributed by atoms with Gasteiger partial charge in [-0.2, -0.15) is 5.10 Å². The van der Waals surface area contributed by atoms with E-state index in [4.69, 9.17) is 0 Å². The van der Waals surface area contributed by atoms with Crippen molar-refractivity contribution in [2.45, 2.75) is 19.9 Å². The molecule has 30 heavy (non-hydrogen) atoms. The Morgan fingerprint density at radius 3 is 2.83 bits per heavy atom. The minimum atomic E-state index is -0.245. The van der Waals surface area contributed by atoms with Crippen LogP contribution in [-0.2, 0) is 13.0 Å². The van der Waals surface area contributed by atoms with Gasteiger partial charge >= 0.3 is 0 Å². The SMILES string of the molecule is CCc1cc(-c2c[nH]c3ncc(-c4cnn(Cc5cccc(F)c5)c4)cc23)ncn1. The van der Waals surface area contributed by atoms with Crippen molar-refractivity contribution in [1.82, 2.24) is 29.7 Å². The van der Waals surface area contributed by atoms with Crippen molar-refractivity contribution in [2.75, 3.05) is 0 Å². The number of aryl methyl sites for hydroxylation is 1. The summed E-state index contributed by atoms with van der Waals surface area (Å²) < 4.78 is 15.2. The molecule has 0 fully saturated rings. The van der Waals surface area contributed by atoms with Crippen LogP contribution in [0.3, 0.4) is 0 Å². The largest absolute Gasteiger partial charge is 0.345 e. The van der Waals surface area contributed by atoms with Gasteiger partial charge in [-0.25, -0.2) is 19.3 Å². The number of hydrogen-bond donors (Lipinski definition) is 1. The lowest BCUT2D eigenvalue weighted by Crippen LogP contribution is -1.99. The van der Waals surface area contributed by atoms with Crippen molar-refractivity contribution < 1.29 is 4.39 Å². The van der Waals surface area contributed by atoms with Crippen LogP contribution in [-0.4, -0.2) is 29.7 Å². The Labute approximate surface area is 172 Å². The van der Waals surface area contributed by atoms with E-state index in [1.165, 1.54) is 12.1 Å². The first-order valence-electron chi connectivity index (χ1n) is 9.75. The molecule has 0 saturated carbocycles. The molecule has 1 N–H and O–H groups in total. The van der Waals surface area contributed by atoms with Gasteiger partial charge in [-0.05, 0) is 36.2 Å². The summed E-state index contributed by atoms with van der Waals surface area (Å²) in [4.78, 5) is 16.5. The summed E-state index contributed by atoms with van der Waals surface area (Å²) in [5.41, 5.74) is 6.43. The predicted octanol–water partition coefficient (Wildman–Crippen LogP) is 4.63. The fraction of sp³-hybridized carbons (Fsp3) is 0.130. The number of rotatable bonds is 5. The Morgan fingerprint density at radius 1 is 1.03 bits per heavy atom. The van der Waals surface area contributed by atoms with Gasteiger partial charge in [0.2, 0.25) is 0 Å². The molecule has 0 unspecified atom stereocenters. The van der Waals surface area contributed by atoms with Gasteiger partial charge in [0.05, 0.1) is 18.4 Å². The lowest BCUT2D eigenvalue weighted by Gasteiger charge is -2.03. The maximum Gasteiger partial charge on any atom is 0.137 e. The van der Waals surface area contributed by atoms with Crippen LogP contribution in [0.1, 0.15) is 18.2 Å². The molecule has 0 atom stereocenters. The van der Waals surface area contributed by atoms with E-state index in [0.717, 1.165) is 51.1 Å². The van der Waals surface area contributed by atoms with E-state index in [-0.39, 0.29) is 5.82 Å². The molecule has 0 aliphatic rings. The Bertz CT molecular complexity index is 1340. The summed E-state index contributed by atoms with van der Waals surface area (Å²) >= 11 is 0. The third-order valence-corrected chi connectivity index (χ3v) is 5.09. The van der Waals surface area contributed by atoms with Gasteiger partial charge in [-0.1, -0.05) is 19.1 Å². The van der Waals surface area contributed by atoms with E-state index in [2.05, 4.69) is 38.0 Å². The molecule has 0 spiro atoms. The molecule has 7 heteroatoms. The van der Waals surface area contributed by atoms with Crippen LogP contribution in [0.25, 0.3) is 33.4 Å². The summed E-state index contributed by atoms with van der Waals surface area (Å²) in [6.45, 7) is 2.58. The number of nitrogens with zero attached hydrogens (tertiary/aromatic N) is 5. The predicted molar refractivity (Wildman–Crippen MR) is 113 cm³/mol. The second-order valence-electron chi connectivity index (χ2n) is 7.13. The van der Waals surface area contributed by atoms with Crippen LogP contribution < -0.4 is 0 Å². The highest BCUT2D eigenvalue weighted by atomic mass is 19.1. The van der Waals surface area contributed by atoms with E-state index in [0.29, 0.717) is 6.54 Å². The van der Waals surface area contributed by atoms with Gasteiger partial charge in [0.15, 0.2) is 0 Å². The smallest absolute Gasteiger partial charge is 0.137 e. The minimum absolute atomic E-state index is 0.245. The second kappa shape index (κ2) is 7.51. The van der Waals surface area contributed by atoms with E-state index in [1.54, 1.807) is 23.3 Å². The first-order chi connectivity index (χ1) is 14.7. The maximum absolute atomic E-state index is 13.4. The average molecular weight is 398 g/mol. The van der Waals surface area contributed by atoms with Crippen LogP contribution in [0, 0.1) is 5.82 Å². The lowest BCUT2D eigenvalue weighted by atomic mass is 10.1. The molecule has 0 saturated heterocycles. The van der Waals surface area contributed by atoms with Gasteiger partial charge in [0.1, 0.15) is 17.8 Å². The molecule has 0 radical (unpaired) electrons. The normalized spacial score (nSPS) is 11.3. The standard InChI is InChI=1S/C23H19FN6/c1-2-19-8-22(28-14-27-19)21-11-26-23-20(21)7-16(9-25-23)17-10-29-30(13-17)12-15-4-3-5-18(24)6-15/h3-11,13-14H,2,12H2,1H3,(H,25,26). The topological polar surface area (TPSA) is 72.3 Å². The number of benzene rings is 1. The van der Waals surface area contributed by atoms with Crippen molar-refractivity contribution in [3.8, 4) is 22.4 Å². The van der Waals surface area contributed by atoms with Crippen molar-refractivity contribution in [3.63, 3.8) is 0 Å². The minimum Gasteiger partial charge on any atom is -0.345 e. The summed E-state index contributed by atoms with van der Waals surface area (Å²) in [6.07, 6.45) is 9.95. The fourth-order valence-electron chi connectivity index (χ4n) is 3.53. The number of pyridine rings is 1. The average Bonchev–Trinajstić information content (AvgIpc) is 3.40. The molecule has 5 aromatic rings. The Hall–Kier alpha value is -3.87. The number of nitrogens with one attached hydrogen (secondary N) is 1. The third kappa shape index (κ3) is 3.45. The Balaban J connectivity index is 1.49. The van der Waals surface area contributed by atoms with Gasteiger partial charge in [0, 0.05) is 46.4 Å². The van der Waals surface area contributed by atoms with Gasteiger partial charge in [-0.15, -0.1) is 0 Å². The summed E-state index contributed by atoms with van der Waals surface area (Å²) in [5, 5.41) is 5.42. The molecule has 4 heterocycles. The Morgan fingerprint density at radius 2 is 1.97 bits per heavy atom.